The van der Waals surface area contributed by atoms with Gasteiger partial charge in [-0.2, -0.15) is 0 Å². The second kappa shape index (κ2) is 6.25. The van der Waals surface area contributed by atoms with E-state index in [2.05, 4.69) is 5.32 Å². The van der Waals surface area contributed by atoms with Crippen LogP contribution in [0, 0.1) is 5.82 Å². The van der Waals surface area contributed by atoms with Crippen LogP contribution >= 0.6 is 11.6 Å². The molecule has 0 aliphatic carbocycles. The molecule has 1 atom stereocenters. The molecular formula is C13H18ClFN2O. The van der Waals surface area contributed by atoms with Crippen molar-refractivity contribution >= 4 is 23.0 Å². The number of rotatable bonds is 4. The summed E-state index contributed by atoms with van der Waals surface area (Å²) >= 11 is 5.64. The van der Waals surface area contributed by atoms with Crippen molar-refractivity contribution in [2.45, 2.75) is 31.8 Å². The maximum absolute atomic E-state index is 13.3. The Kier molecular flexibility index (Phi) is 4.66. The van der Waals surface area contributed by atoms with Gasteiger partial charge in [0.1, 0.15) is 5.82 Å². The van der Waals surface area contributed by atoms with Crippen LogP contribution in [0.15, 0.2) is 12.1 Å². The van der Waals surface area contributed by atoms with E-state index in [-0.39, 0.29) is 5.02 Å². The summed E-state index contributed by atoms with van der Waals surface area (Å²) in [6, 6.07) is 2.76. The van der Waals surface area contributed by atoms with Crippen LogP contribution in [-0.2, 0) is 4.74 Å². The van der Waals surface area contributed by atoms with Crippen molar-refractivity contribution in [2.24, 2.45) is 0 Å². The molecule has 1 aliphatic heterocycles. The third-order valence-electron chi connectivity index (χ3n) is 3.15. The normalized spacial score (nSPS) is 19.8. The maximum Gasteiger partial charge on any atom is 0.143 e. The molecule has 3 nitrogen and oxygen atoms in total. The van der Waals surface area contributed by atoms with Crippen LogP contribution in [0.5, 0.6) is 0 Å². The summed E-state index contributed by atoms with van der Waals surface area (Å²) in [5, 5.41) is 3.17. The Bertz CT molecular complexity index is 408. The first-order valence-corrected chi connectivity index (χ1v) is 6.64. The number of anilines is 2. The lowest BCUT2D eigenvalue weighted by Crippen LogP contribution is -2.22. The molecule has 1 unspecified atom stereocenters. The van der Waals surface area contributed by atoms with Crippen LogP contribution in [-0.4, -0.2) is 19.3 Å². The highest BCUT2D eigenvalue weighted by atomic mass is 35.5. The van der Waals surface area contributed by atoms with Crippen LogP contribution in [0.4, 0.5) is 15.8 Å². The number of nitrogens with two attached hydrogens (primary N) is 1. The first-order chi connectivity index (χ1) is 8.66. The molecule has 1 aliphatic rings. The molecule has 0 spiro atoms. The molecule has 0 radical (unpaired) electrons. The SMILES string of the molecule is Nc1cc(Cl)c(F)cc1NCCC1CCCCO1. The quantitative estimate of drug-likeness (QED) is 0.826. The lowest BCUT2D eigenvalue weighted by molar-refractivity contribution is 0.0134. The maximum atomic E-state index is 13.3. The van der Waals surface area contributed by atoms with Crippen molar-refractivity contribution in [3.8, 4) is 0 Å². The van der Waals surface area contributed by atoms with Gasteiger partial charge >= 0.3 is 0 Å². The summed E-state index contributed by atoms with van der Waals surface area (Å²) in [6.07, 6.45) is 4.70. The minimum atomic E-state index is -0.456. The Morgan fingerprint density at radius 2 is 2.28 bits per heavy atom. The van der Waals surface area contributed by atoms with Crippen LogP contribution in [0.1, 0.15) is 25.7 Å². The van der Waals surface area contributed by atoms with Gasteiger partial charge in [-0.25, -0.2) is 4.39 Å². The molecule has 100 valence electrons. The number of benzene rings is 1. The number of hydrogen-bond donors (Lipinski definition) is 2. The number of nitrogen functional groups attached to an aromatic ring is 1. The van der Waals surface area contributed by atoms with Crippen molar-refractivity contribution in [1.29, 1.82) is 0 Å². The Balaban J connectivity index is 1.84. The van der Waals surface area contributed by atoms with Crippen LogP contribution in [0.25, 0.3) is 0 Å². The zero-order valence-corrected chi connectivity index (χ0v) is 11.0. The summed E-state index contributed by atoms with van der Waals surface area (Å²) in [6.45, 7) is 1.57. The molecule has 1 saturated heterocycles. The number of nitrogens with one attached hydrogen (secondary N) is 1. The molecule has 3 N–H and O–H groups in total. The zero-order valence-electron chi connectivity index (χ0n) is 10.2. The van der Waals surface area contributed by atoms with E-state index < -0.39 is 5.82 Å². The Morgan fingerprint density at radius 3 is 3.00 bits per heavy atom. The lowest BCUT2D eigenvalue weighted by Gasteiger charge is -2.22. The molecule has 0 amide bonds. The van der Waals surface area contributed by atoms with Gasteiger partial charge in [-0.3, -0.25) is 0 Å². The standard InChI is InChI=1S/C13H18ClFN2O/c14-10-7-12(16)13(8-11(10)15)17-5-4-9-3-1-2-6-18-9/h7-9,17H,1-6,16H2. The number of hydrogen-bond acceptors (Lipinski definition) is 3. The summed E-state index contributed by atoms with van der Waals surface area (Å²) in [5.41, 5.74) is 6.82. The third-order valence-corrected chi connectivity index (χ3v) is 3.44. The fraction of sp³-hybridized carbons (Fsp3) is 0.538. The van der Waals surface area contributed by atoms with Gasteiger partial charge in [-0.05, 0) is 31.7 Å². The van der Waals surface area contributed by atoms with Crippen LogP contribution in [0.2, 0.25) is 5.02 Å². The first kappa shape index (κ1) is 13.4. The van der Waals surface area contributed by atoms with Gasteiger partial charge in [0.05, 0.1) is 22.5 Å². The Morgan fingerprint density at radius 1 is 1.44 bits per heavy atom. The molecule has 1 aromatic rings. The van der Waals surface area contributed by atoms with E-state index in [0.717, 1.165) is 32.4 Å². The minimum absolute atomic E-state index is 0.0497. The molecule has 1 fully saturated rings. The van der Waals surface area contributed by atoms with Gasteiger partial charge < -0.3 is 15.8 Å². The molecule has 2 rings (SSSR count). The van der Waals surface area contributed by atoms with E-state index in [1.807, 2.05) is 0 Å². The van der Waals surface area contributed by atoms with Crippen molar-refractivity contribution < 1.29 is 9.13 Å². The highest BCUT2D eigenvalue weighted by Crippen LogP contribution is 2.26. The largest absolute Gasteiger partial charge is 0.397 e. The van der Waals surface area contributed by atoms with E-state index >= 15 is 0 Å². The average molecular weight is 273 g/mol. The van der Waals surface area contributed by atoms with Crippen molar-refractivity contribution in [3.05, 3.63) is 23.0 Å². The summed E-state index contributed by atoms with van der Waals surface area (Å²) < 4.78 is 18.9. The van der Waals surface area contributed by atoms with Gasteiger partial charge in [0.15, 0.2) is 0 Å². The molecule has 5 heteroatoms. The van der Waals surface area contributed by atoms with Gasteiger partial charge in [-0.1, -0.05) is 11.6 Å². The Labute approximate surface area is 111 Å². The highest BCUT2D eigenvalue weighted by molar-refractivity contribution is 6.31. The second-order valence-corrected chi connectivity index (χ2v) is 4.96. The van der Waals surface area contributed by atoms with E-state index in [1.54, 1.807) is 0 Å². The van der Waals surface area contributed by atoms with Crippen molar-refractivity contribution in [2.75, 3.05) is 24.2 Å². The topological polar surface area (TPSA) is 47.3 Å². The van der Waals surface area contributed by atoms with Crippen LogP contribution in [0.3, 0.4) is 0 Å². The van der Waals surface area contributed by atoms with E-state index in [0.29, 0.717) is 17.5 Å². The van der Waals surface area contributed by atoms with Crippen LogP contribution < -0.4 is 11.1 Å². The Hall–Kier alpha value is -1.00. The predicted molar refractivity (Wildman–Crippen MR) is 72.5 cm³/mol. The third kappa shape index (κ3) is 3.50. The highest BCUT2D eigenvalue weighted by Gasteiger charge is 2.13. The number of ether oxygens (including phenoxy) is 1. The fourth-order valence-corrected chi connectivity index (χ4v) is 2.29. The van der Waals surface area contributed by atoms with E-state index in [4.69, 9.17) is 22.1 Å². The molecule has 0 bridgehead atoms. The lowest BCUT2D eigenvalue weighted by atomic mass is 10.1. The van der Waals surface area contributed by atoms with Gasteiger partial charge in [0.2, 0.25) is 0 Å². The fourth-order valence-electron chi connectivity index (χ4n) is 2.12. The molecule has 0 aromatic heterocycles. The van der Waals surface area contributed by atoms with Gasteiger partial charge in [0, 0.05) is 19.2 Å². The summed E-state index contributed by atoms with van der Waals surface area (Å²) in [5.74, 6) is -0.456. The van der Waals surface area contributed by atoms with Gasteiger partial charge in [0.25, 0.3) is 0 Å². The molecule has 1 aromatic carbocycles. The smallest absolute Gasteiger partial charge is 0.143 e. The average Bonchev–Trinajstić information content (AvgIpc) is 2.37. The zero-order chi connectivity index (χ0) is 13.0. The van der Waals surface area contributed by atoms with Crippen molar-refractivity contribution in [3.63, 3.8) is 0 Å². The molecular weight excluding hydrogens is 255 g/mol. The van der Waals surface area contributed by atoms with E-state index in [9.17, 15) is 4.39 Å². The van der Waals surface area contributed by atoms with Gasteiger partial charge in [-0.15, -0.1) is 0 Å². The van der Waals surface area contributed by atoms with Crippen molar-refractivity contribution in [1.82, 2.24) is 0 Å². The monoisotopic (exact) mass is 272 g/mol. The summed E-state index contributed by atoms with van der Waals surface area (Å²) in [7, 11) is 0. The second-order valence-electron chi connectivity index (χ2n) is 4.56. The molecule has 1 heterocycles. The predicted octanol–water partition coefficient (Wildman–Crippen LogP) is 3.43. The van der Waals surface area contributed by atoms with E-state index in [1.165, 1.54) is 18.6 Å². The molecule has 18 heavy (non-hydrogen) atoms. The first-order valence-electron chi connectivity index (χ1n) is 6.27. The minimum Gasteiger partial charge on any atom is -0.397 e. The molecule has 0 saturated carbocycles. The summed E-state index contributed by atoms with van der Waals surface area (Å²) in [4.78, 5) is 0. The number of halogens is 2.